The summed E-state index contributed by atoms with van der Waals surface area (Å²) in [4.78, 5) is 0.308. The molecule has 0 bridgehead atoms. The quantitative estimate of drug-likeness (QED) is 0.636. The van der Waals surface area contributed by atoms with Crippen LogP contribution in [0.4, 0.5) is 0 Å². The third kappa shape index (κ3) is 6.00. The summed E-state index contributed by atoms with van der Waals surface area (Å²) in [5, 5.41) is 3.06. The Morgan fingerprint density at radius 3 is 2.45 bits per heavy atom. The van der Waals surface area contributed by atoms with E-state index in [1.54, 1.807) is 12.1 Å². The topological polar surface area (TPSA) is 67.4 Å². The molecular weight excluding hydrogens is 276 g/mol. The molecule has 0 saturated carbocycles. The Labute approximate surface area is 121 Å². The Bertz CT molecular complexity index is 472. The van der Waals surface area contributed by atoms with Crippen LogP contribution in [0.3, 0.4) is 0 Å². The Hall–Kier alpha value is -0.950. The highest BCUT2D eigenvalue weighted by Crippen LogP contribution is 2.10. The van der Waals surface area contributed by atoms with Gasteiger partial charge in [0.25, 0.3) is 0 Å². The monoisotopic (exact) mass is 300 g/mol. The molecule has 0 atom stereocenters. The van der Waals surface area contributed by atoms with Gasteiger partial charge in [0.15, 0.2) is 0 Å². The highest BCUT2D eigenvalue weighted by Gasteiger charge is 2.12. The van der Waals surface area contributed by atoms with Crippen molar-refractivity contribution in [1.82, 2.24) is 10.0 Å². The third-order valence-electron chi connectivity index (χ3n) is 2.86. The molecule has 5 nitrogen and oxygen atoms in total. The van der Waals surface area contributed by atoms with E-state index >= 15 is 0 Å². The highest BCUT2D eigenvalue weighted by atomic mass is 32.2. The lowest BCUT2D eigenvalue weighted by Crippen LogP contribution is -2.25. The van der Waals surface area contributed by atoms with Gasteiger partial charge in [0.1, 0.15) is 0 Å². The fourth-order valence-corrected chi connectivity index (χ4v) is 2.79. The normalized spacial score (nSPS) is 11.7. The molecule has 0 heterocycles. The van der Waals surface area contributed by atoms with Gasteiger partial charge < -0.3 is 10.1 Å². The highest BCUT2D eigenvalue weighted by molar-refractivity contribution is 7.89. The second kappa shape index (κ2) is 9.07. The first-order valence-electron chi connectivity index (χ1n) is 6.91. The van der Waals surface area contributed by atoms with Gasteiger partial charge >= 0.3 is 0 Å². The van der Waals surface area contributed by atoms with Crippen LogP contribution >= 0.6 is 0 Å². The molecule has 1 aromatic rings. The van der Waals surface area contributed by atoms with Gasteiger partial charge in [-0.05, 0) is 51.1 Å². The van der Waals surface area contributed by atoms with Gasteiger partial charge in [0.2, 0.25) is 10.0 Å². The van der Waals surface area contributed by atoms with Gasteiger partial charge in [-0.3, -0.25) is 0 Å². The van der Waals surface area contributed by atoms with Gasteiger partial charge in [-0.15, -0.1) is 0 Å². The minimum Gasteiger partial charge on any atom is -0.382 e. The third-order valence-corrected chi connectivity index (χ3v) is 4.34. The predicted molar refractivity (Wildman–Crippen MR) is 80.4 cm³/mol. The van der Waals surface area contributed by atoms with E-state index < -0.39 is 10.0 Å². The van der Waals surface area contributed by atoms with Crippen LogP contribution in [0.2, 0.25) is 0 Å². The first-order chi connectivity index (χ1) is 9.60. The fourth-order valence-electron chi connectivity index (χ4n) is 1.71. The number of likely N-dealkylation sites (N-methyl/N-ethyl adjacent to an activating group) is 1. The SMILES string of the molecule is CCOCCCNS(=O)(=O)c1ccc(CCNC)cc1. The van der Waals surface area contributed by atoms with Crippen molar-refractivity contribution in [2.24, 2.45) is 0 Å². The molecule has 20 heavy (non-hydrogen) atoms. The van der Waals surface area contributed by atoms with Crippen molar-refractivity contribution in [3.05, 3.63) is 29.8 Å². The Morgan fingerprint density at radius 2 is 1.85 bits per heavy atom. The zero-order valence-corrected chi connectivity index (χ0v) is 13.0. The van der Waals surface area contributed by atoms with Crippen molar-refractivity contribution in [2.75, 3.05) is 33.4 Å². The van der Waals surface area contributed by atoms with E-state index in [1.165, 1.54) is 0 Å². The Morgan fingerprint density at radius 1 is 1.15 bits per heavy atom. The number of sulfonamides is 1. The molecule has 2 N–H and O–H groups in total. The molecule has 1 aromatic carbocycles. The molecule has 0 aromatic heterocycles. The maximum Gasteiger partial charge on any atom is 0.240 e. The Balaban J connectivity index is 2.50. The van der Waals surface area contributed by atoms with Gasteiger partial charge in [-0.25, -0.2) is 13.1 Å². The fraction of sp³-hybridized carbons (Fsp3) is 0.571. The first-order valence-corrected chi connectivity index (χ1v) is 8.39. The van der Waals surface area contributed by atoms with E-state index in [1.807, 2.05) is 26.1 Å². The zero-order chi connectivity index (χ0) is 14.8. The van der Waals surface area contributed by atoms with Crippen molar-refractivity contribution < 1.29 is 13.2 Å². The van der Waals surface area contributed by atoms with Crippen molar-refractivity contribution in [2.45, 2.75) is 24.7 Å². The summed E-state index contributed by atoms with van der Waals surface area (Å²) >= 11 is 0. The predicted octanol–water partition coefficient (Wildman–Crippen LogP) is 1.15. The average Bonchev–Trinajstić information content (AvgIpc) is 2.45. The van der Waals surface area contributed by atoms with Crippen molar-refractivity contribution in [3.8, 4) is 0 Å². The summed E-state index contributed by atoms with van der Waals surface area (Å²) in [5.41, 5.74) is 1.12. The molecule has 0 spiro atoms. The zero-order valence-electron chi connectivity index (χ0n) is 12.2. The second-order valence-corrected chi connectivity index (χ2v) is 6.21. The number of hydrogen-bond acceptors (Lipinski definition) is 4. The van der Waals surface area contributed by atoms with Crippen LogP contribution in [0.1, 0.15) is 18.9 Å². The molecule has 0 saturated heterocycles. The lowest BCUT2D eigenvalue weighted by Gasteiger charge is -2.08. The smallest absolute Gasteiger partial charge is 0.240 e. The van der Waals surface area contributed by atoms with Crippen LogP contribution in [0, 0.1) is 0 Å². The minimum absolute atomic E-state index is 0.308. The van der Waals surface area contributed by atoms with Crippen LogP contribution < -0.4 is 10.0 Å². The summed E-state index contributed by atoms with van der Waals surface area (Å²) in [6, 6.07) is 7.00. The van der Waals surface area contributed by atoms with E-state index in [0.717, 1.165) is 18.5 Å². The summed E-state index contributed by atoms with van der Waals surface area (Å²) in [7, 11) is -1.51. The van der Waals surface area contributed by atoms with Gasteiger partial charge in [0.05, 0.1) is 4.90 Å². The maximum absolute atomic E-state index is 12.0. The van der Waals surface area contributed by atoms with E-state index in [-0.39, 0.29) is 0 Å². The van der Waals surface area contributed by atoms with E-state index in [9.17, 15) is 8.42 Å². The van der Waals surface area contributed by atoms with Crippen molar-refractivity contribution >= 4 is 10.0 Å². The van der Waals surface area contributed by atoms with Crippen LogP contribution in [0.25, 0.3) is 0 Å². The molecule has 0 aliphatic rings. The lowest BCUT2D eigenvalue weighted by atomic mass is 10.1. The average molecular weight is 300 g/mol. The number of benzene rings is 1. The summed E-state index contributed by atoms with van der Waals surface area (Å²) in [6.45, 7) is 4.41. The molecule has 0 unspecified atom stereocenters. The molecule has 0 fully saturated rings. The van der Waals surface area contributed by atoms with E-state index in [4.69, 9.17) is 4.74 Å². The molecule has 0 aliphatic carbocycles. The maximum atomic E-state index is 12.0. The van der Waals surface area contributed by atoms with Gasteiger partial charge in [-0.1, -0.05) is 12.1 Å². The van der Waals surface area contributed by atoms with Crippen molar-refractivity contribution in [1.29, 1.82) is 0 Å². The van der Waals surface area contributed by atoms with Crippen LogP contribution in [0.5, 0.6) is 0 Å². The second-order valence-electron chi connectivity index (χ2n) is 4.45. The minimum atomic E-state index is -3.41. The molecule has 0 radical (unpaired) electrons. The summed E-state index contributed by atoms with van der Waals surface area (Å²) < 4.78 is 31.8. The van der Waals surface area contributed by atoms with Crippen LogP contribution in [-0.2, 0) is 21.2 Å². The van der Waals surface area contributed by atoms with E-state index in [0.29, 0.717) is 31.1 Å². The molecule has 6 heteroatoms. The lowest BCUT2D eigenvalue weighted by molar-refractivity contribution is 0.146. The number of ether oxygens (including phenoxy) is 1. The molecule has 114 valence electrons. The molecular formula is C14H24N2O3S. The number of hydrogen-bond donors (Lipinski definition) is 2. The van der Waals surface area contributed by atoms with Crippen molar-refractivity contribution in [3.63, 3.8) is 0 Å². The molecule has 0 aliphatic heterocycles. The Kier molecular flexibility index (Phi) is 7.76. The van der Waals surface area contributed by atoms with Crippen LogP contribution in [-0.4, -0.2) is 41.8 Å². The first kappa shape index (κ1) is 17.1. The largest absolute Gasteiger partial charge is 0.382 e. The summed E-state index contributed by atoms with van der Waals surface area (Å²) in [6.07, 6.45) is 1.56. The number of rotatable bonds is 10. The standard InChI is InChI=1S/C14H24N2O3S/c1-3-19-12-4-10-16-20(17,18)14-7-5-13(6-8-14)9-11-15-2/h5-8,15-16H,3-4,9-12H2,1-2H3. The van der Waals surface area contributed by atoms with Crippen LogP contribution in [0.15, 0.2) is 29.2 Å². The van der Waals surface area contributed by atoms with Gasteiger partial charge in [0, 0.05) is 19.8 Å². The summed E-state index contributed by atoms with van der Waals surface area (Å²) in [5.74, 6) is 0. The molecule has 0 amide bonds. The van der Waals surface area contributed by atoms with E-state index in [2.05, 4.69) is 10.0 Å². The van der Waals surface area contributed by atoms with Gasteiger partial charge in [-0.2, -0.15) is 0 Å². The molecule has 1 rings (SSSR count). The number of nitrogens with one attached hydrogen (secondary N) is 2.